The van der Waals surface area contributed by atoms with Crippen molar-refractivity contribution in [2.45, 2.75) is 11.4 Å². The largest absolute Gasteiger partial charge is 0.455 e. The molecule has 0 radical (unpaired) electrons. The van der Waals surface area contributed by atoms with E-state index in [-0.39, 0.29) is 28.3 Å². The van der Waals surface area contributed by atoms with Crippen LogP contribution in [0.1, 0.15) is 11.1 Å². The van der Waals surface area contributed by atoms with Gasteiger partial charge in [0, 0.05) is 34.4 Å². The van der Waals surface area contributed by atoms with Crippen LogP contribution in [-0.2, 0) is 16.6 Å². The number of nitrogens with one attached hydrogen (secondary N) is 2. The molecule has 0 saturated carbocycles. The zero-order chi connectivity index (χ0) is 24.6. The van der Waals surface area contributed by atoms with Gasteiger partial charge in [0.15, 0.2) is 0 Å². The smallest absolute Gasteiger partial charge is 0.285 e. The summed E-state index contributed by atoms with van der Waals surface area (Å²) >= 11 is 6.05. The third-order valence-electron chi connectivity index (χ3n) is 5.02. The number of anilines is 1. The second-order valence-electron chi connectivity index (χ2n) is 7.33. The van der Waals surface area contributed by atoms with Crippen molar-refractivity contribution in [2.24, 2.45) is 21.6 Å². The van der Waals surface area contributed by atoms with Crippen LogP contribution in [0.5, 0.6) is 0 Å². The summed E-state index contributed by atoms with van der Waals surface area (Å²) in [5.74, 6) is -0.979. The highest BCUT2D eigenvalue weighted by Crippen LogP contribution is 2.26. The first-order valence-corrected chi connectivity index (χ1v) is 11.6. The molecule has 0 aliphatic carbocycles. The lowest BCUT2D eigenvalue weighted by Gasteiger charge is -2.14. The van der Waals surface area contributed by atoms with Gasteiger partial charge in [-0.25, -0.2) is 0 Å². The summed E-state index contributed by atoms with van der Waals surface area (Å²) in [7, 11) is -4.16. The fourth-order valence-corrected chi connectivity index (χ4v) is 4.54. The zero-order valence-corrected chi connectivity index (χ0v) is 19.1. The van der Waals surface area contributed by atoms with Crippen LogP contribution in [0.25, 0.3) is 21.9 Å². The van der Waals surface area contributed by atoms with Crippen LogP contribution in [-0.4, -0.2) is 20.2 Å². The van der Waals surface area contributed by atoms with Gasteiger partial charge < -0.3 is 26.9 Å². The van der Waals surface area contributed by atoms with E-state index in [1.165, 1.54) is 18.2 Å². The highest BCUT2D eigenvalue weighted by atomic mass is 35.5. The van der Waals surface area contributed by atoms with Crippen LogP contribution < -0.4 is 27.9 Å². The van der Waals surface area contributed by atoms with Gasteiger partial charge in [-0.3, -0.25) is 10.2 Å². The Kier molecular flexibility index (Phi) is 5.90. The highest BCUT2D eigenvalue weighted by molar-refractivity contribution is 7.90. The standard InChI is InChI=1S/C22H19ClN6O4S/c23-12-4-6-14-18(8-12)33-20-11(2-1-3-15(20)19(14)30)10-28-17-7-5-13(9-16(17)21(24)25)34(31,32)29-22(26)27/h1-9,28H,10H2,(H3,24,25)(H4,26,27,29). The molecule has 0 aliphatic heterocycles. The molecule has 34 heavy (non-hydrogen) atoms. The van der Waals surface area contributed by atoms with Crippen LogP contribution >= 0.6 is 11.6 Å². The average Bonchev–Trinajstić information content (AvgIpc) is 2.76. The summed E-state index contributed by atoms with van der Waals surface area (Å²) in [5, 5.41) is 12.2. The van der Waals surface area contributed by atoms with Crippen molar-refractivity contribution in [3.8, 4) is 0 Å². The van der Waals surface area contributed by atoms with E-state index in [0.717, 1.165) is 0 Å². The van der Waals surface area contributed by atoms with E-state index < -0.39 is 16.0 Å². The second-order valence-corrected chi connectivity index (χ2v) is 9.37. The lowest BCUT2D eigenvalue weighted by molar-refractivity contribution is 0.598. The molecule has 0 spiro atoms. The number of nitrogens with two attached hydrogens (primary N) is 3. The number of benzene rings is 3. The van der Waals surface area contributed by atoms with E-state index in [2.05, 4.69) is 9.71 Å². The summed E-state index contributed by atoms with van der Waals surface area (Å²) in [4.78, 5) is 12.7. The molecule has 174 valence electrons. The third-order valence-corrected chi connectivity index (χ3v) is 6.55. The van der Waals surface area contributed by atoms with Crippen LogP contribution in [0.15, 0.2) is 73.1 Å². The highest BCUT2D eigenvalue weighted by Gasteiger charge is 2.18. The van der Waals surface area contributed by atoms with E-state index >= 15 is 0 Å². The number of hydrogen-bond acceptors (Lipinski definition) is 6. The van der Waals surface area contributed by atoms with E-state index in [1.807, 2.05) is 0 Å². The van der Waals surface area contributed by atoms with E-state index in [0.29, 0.717) is 38.2 Å². The van der Waals surface area contributed by atoms with Crippen molar-refractivity contribution in [3.05, 3.63) is 81.0 Å². The van der Waals surface area contributed by atoms with Gasteiger partial charge in [-0.05, 0) is 36.4 Å². The van der Waals surface area contributed by atoms with Crippen molar-refractivity contribution in [1.82, 2.24) is 0 Å². The molecule has 4 aromatic rings. The van der Waals surface area contributed by atoms with Gasteiger partial charge in [0.2, 0.25) is 11.4 Å². The predicted molar refractivity (Wildman–Crippen MR) is 133 cm³/mol. The van der Waals surface area contributed by atoms with Gasteiger partial charge in [0.05, 0.1) is 15.7 Å². The fraction of sp³-hybridized carbons (Fsp3) is 0.0455. The molecule has 0 aliphatic rings. The Morgan fingerprint density at radius 1 is 1.06 bits per heavy atom. The summed E-state index contributed by atoms with van der Waals surface area (Å²) < 4.78 is 33.8. The minimum absolute atomic E-state index is 0.130. The van der Waals surface area contributed by atoms with Crippen LogP contribution in [0.4, 0.5) is 5.69 Å². The van der Waals surface area contributed by atoms with Crippen LogP contribution in [0, 0.1) is 5.41 Å². The maximum Gasteiger partial charge on any atom is 0.285 e. The predicted octanol–water partition coefficient (Wildman–Crippen LogP) is 2.46. The maximum absolute atomic E-state index is 12.9. The quantitative estimate of drug-likeness (QED) is 0.152. The topological polar surface area (TPSA) is 191 Å². The fourth-order valence-electron chi connectivity index (χ4n) is 3.49. The average molecular weight is 499 g/mol. The van der Waals surface area contributed by atoms with Crippen molar-refractivity contribution in [3.63, 3.8) is 0 Å². The zero-order valence-electron chi connectivity index (χ0n) is 17.5. The molecule has 0 unspecified atom stereocenters. The molecule has 4 rings (SSSR count). The first-order valence-electron chi connectivity index (χ1n) is 9.79. The number of hydrogen-bond donors (Lipinski definition) is 5. The SMILES string of the molecule is N=C(N)c1cc(S(=O)(=O)N=C(N)N)ccc1NCc1cccc2c(=O)c3ccc(Cl)cc3oc12. The molecule has 3 aromatic carbocycles. The molecule has 8 N–H and O–H groups in total. The van der Waals surface area contributed by atoms with Gasteiger partial charge in [0.25, 0.3) is 10.0 Å². The molecule has 0 bridgehead atoms. The van der Waals surface area contributed by atoms with Crippen molar-refractivity contribution in [1.29, 1.82) is 5.41 Å². The van der Waals surface area contributed by atoms with E-state index in [9.17, 15) is 13.2 Å². The number of guanidine groups is 1. The second kappa shape index (κ2) is 8.69. The Hall–Kier alpha value is -4.09. The number of rotatable bonds is 6. The first-order chi connectivity index (χ1) is 16.1. The lowest BCUT2D eigenvalue weighted by Crippen LogP contribution is -2.24. The molecular weight excluding hydrogens is 480 g/mol. The summed E-state index contributed by atoms with van der Waals surface area (Å²) in [6.07, 6.45) is 0. The molecule has 1 heterocycles. The number of halogens is 1. The Bertz CT molecular complexity index is 1660. The molecule has 0 atom stereocenters. The number of fused-ring (bicyclic) bond motifs is 2. The van der Waals surface area contributed by atoms with Gasteiger partial charge in [-0.1, -0.05) is 23.7 Å². The molecular formula is C22H19ClN6O4S. The number of sulfonamides is 1. The molecule has 0 amide bonds. The number of para-hydroxylation sites is 1. The monoisotopic (exact) mass is 498 g/mol. The lowest BCUT2D eigenvalue weighted by atomic mass is 10.1. The third kappa shape index (κ3) is 4.38. The van der Waals surface area contributed by atoms with Crippen LogP contribution in [0.2, 0.25) is 5.02 Å². The van der Waals surface area contributed by atoms with Crippen molar-refractivity contribution >= 4 is 61.0 Å². The molecule has 0 saturated heterocycles. The van der Waals surface area contributed by atoms with Gasteiger partial charge in [0.1, 0.15) is 17.0 Å². The maximum atomic E-state index is 12.9. The number of nitrogen functional groups attached to an aromatic ring is 1. The van der Waals surface area contributed by atoms with Crippen molar-refractivity contribution in [2.75, 3.05) is 5.32 Å². The normalized spacial score (nSPS) is 11.4. The summed E-state index contributed by atoms with van der Waals surface area (Å²) in [6.45, 7) is 0.187. The minimum atomic E-state index is -4.16. The molecule has 10 nitrogen and oxygen atoms in total. The minimum Gasteiger partial charge on any atom is -0.455 e. The molecule has 0 fully saturated rings. The molecule has 12 heteroatoms. The number of nitrogens with zero attached hydrogens (tertiary/aromatic N) is 1. The first kappa shape index (κ1) is 23.1. The Morgan fingerprint density at radius 3 is 2.53 bits per heavy atom. The Balaban J connectivity index is 1.74. The number of amidine groups is 1. The summed E-state index contributed by atoms with van der Waals surface area (Å²) in [5.41, 5.74) is 17.8. The summed E-state index contributed by atoms with van der Waals surface area (Å²) in [6, 6.07) is 13.9. The van der Waals surface area contributed by atoms with E-state index in [4.69, 9.17) is 38.6 Å². The van der Waals surface area contributed by atoms with Crippen LogP contribution in [0.3, 0.4) is 0 Å². The Morgan fingerprint density at radius 2 is 1.82 bits per heavy atom. The van der Waals surface area contributed by atoms with Gasteiger partial charge >= 0.3 is 0 Å². The van der Waals surface area contributed by atoms with Gasteiger partial charge in [-0.2, -0.15) is 8.42 Å². The van der Waals surface area contributed by atoms with E-state index in [1.54, 1.807) is 36.4 Å². The van der Waals surface area contributed by atoms with Gasteiger partial charge in [-0.15, -0.1) is 4.40 Å². The Labute approximate surface area is 198 Å². The molecule has 1 aromatic heterocycles. The van der Waals surface area contributed by atoms with Crippen molar-refractivity contribution < 1.29 is 12.8 Å².